The second kappa shape index (κ2) is 6.93. The van der Waals surface area contributed by atoms with Crippen LogP contribution in [0.3, 0.4) is 0 Å². The number of carbonyl (C=O) groups excluding carboxylic acids is 1. The molecular formula is C15H19FN4O2. The first-order valence-corrected chi connectivity index (χ1v) is 7.11. The fourth-order valence-corrected chi connectivity index (χ4v) is 1.99. The molecule has 6 nitrogen and oxygen atoms in total. The van der Waals surface area contributed by atoms with Crippen molar-refractivity contribution in [2.24, 2.45) is 0 Å². The van der Waals surface area contributed by atoms with Crippen molar-refractivity contribution < 1.29 is 13.9 Å². The van der Waals surface area contributed by atoms with E-state index >= 15 is 0 Å². The molecular weight excluding hydrogens is 287 g/mol. The predicted molar refractivity (Wildman–Crippen MR) is 82.6 cm³/mol. The lowest BCUT2D eigenvalue weighted by Crippen LogP contribution is -2.07. The Morgan fingerprint density at radius 3 is 2.86 bits per heavy atom. The highest BCUT2D eigenvalue weighted by Gasteiger charge is 2.18. The molecule has 0 spiro atoms. The third-order valence-corrected chi connectivity index (χ3v) is 2.98. The number of halogens is 1. The Labute approximate surface area is 128 Å². The standard InChI is InChI=1S/C15H19FN4O2/c1-3-7-20-9-11(15(21)22-4-2)14(19-20)18-13-6-5-10(16)8-12(13)17/h5-6,8-9H,3-4,7,17H2,1-2H3,(H,18,19). The normalized spacial score (nSPS) is 10.5. The summed E-state index contributed by atoms with van der Waals surface area (Å²) in [6, 6.07) is 3.99. The maximum Gasteiger partial charge on any atom is 0.343 e. The number of nitrogens with one attached hydrogen (secondary N) is 1. The number of esters is 1. The molecule has 0 saturated heterocycles. The number of benzene rings is 1. The van der Waals surface area contributed by atoms with Crippen molar-refractivity contribution in [2.45, 2.75) is 26.8 Å². The van der Waals surface area contributed by atoms with Gasteiger partial charge in [0.2, 0.25) is 0 Å². The highest BCUT2D eigenvalue weighted by Crippen LogP contribution is 2.25. The molecule has 0 aliphatic heterocycles. The molecule has 1 heterocycles. The van der Waals surface area contributed by atoms with Crippen LogP contribution in [0.1, 0.15) is 30.6 Å². The number of aryl methyl sites for hydroxylation is 1. The van der Waals surface area contributed by atoms with E-state index in [1.807, 2.05) is 6.92 Å². The lowest BCUT2D eigenvalue weighted by molar-refractivity contribution is 0.0527. The molecule has 0 atom stereocenters. The molecule has 0 aliphatic carbocycles. The molecule has 118 valence electrons. The van der Waals surface area contributed by atoms with E-state index in [4.69, 9.17) is 10.5 Å². The second-order valence-corrected chi connectivity index (χ2v) is 4.73. The smallest absolute Gasteiger partial charge is 0.343 e. The average molecular weight is 306 g/mol. The zero-order valence-corrected chi connectivity index (χ0v) is 12.6. The first kappa shape index (κ1) is 15.8. The van der Waals surface area contributed by atoms with Crippen LogP contribution in [0, 0.1) is 5.82 Å². The van der Waals surface area contributed by atoms with Crippen LogP contribution in [0.25, 0.3) is 0 Å². The molecule has 0 amide bonds. The SMILES string of the molecule is CCCn1cc(C(=O)OCC)c(Nc2ccc(F)cc2N)n1. The van der Waals surface area contributed by atoms with E-state index in [0.717, 1.165) is 6.42 Å². The van der Waals surface area contributed by atoms with Gasteiger partial charge in [-0.2, -0.15) is 5.10 Å². The third kappa shape index (κ3) is 3.55. The van der Waals surface area contributed by atoms with Crippen molar-refractivity contribution in [3.05, 3.63) is 35.8 Å². The summed E-state index contributed by atoms with van der Waals surface area (Å²) in [5.74, 6) is -0.552. The van der Waals surface area contributed by atoms with Gasteiger partial charge in [-0.3, -0.25) is 4.68 Å². The van der Waals surface area contributed by atoms with Crippen LogP contribution >= 0.6 is 0 Å². The molecule has 0 aliphatic rings. The summed E-state index contributed by atoms with van der Waals surface area (Å²) in [5.41, 5.74) is 6.80. The van der Waals surface area contributed by atoms with Crippen LogP contribution < -0.4 is 11.1 Å². The third-order valence-electron chi connectivity index (χ3n) is 2.98. The maximum absolute atomic E-state index is 13.1. The molecule has 2 rings (SSSR count). The Kier molecular flexibility index (Phi) is 4.98. The number of nitrogen functional groups attached to an aromatic ring is 1. The van der Waals surface area contributed by atoms with Crippen molar-refractivity contribution >= 4 is 23.2 Å². The largest absolute Gasteiger partial charge is 0.462 e. The van der Waals surface area contributed by atoms with Gasteiger partial charge in [0, 0.05) is 12.7 Å². The number of hydrogen-bond acceptors (Lipinski definition) is 5. The van der Waals surface area contributed by atoms with Crippen LogP contribution in [-0.2, 0) is 11.3 Å². The fraction of sp³-hybridized carbons (Fsp3) is 0.333. The molecule has 2 aromatic rings. The summed E-state index contributed by atoms with van der Waals surface area (Å²) in [7, 11) is 0. The van der Waals surface area contributed by atoms with Gasteiger partial charge in [0.05, 0.1) is 18.0 Å². The van der Waals surface area contributed by atoms with Gasteiger partial charge in [-0.05, 0) is 31.5 Å². The molecule has 1 aromatic heterocycles. The van der Waals surface area contributed by atoms with Gasteiger partial charge in [0.15, 0.2) is 5.82 Å². The van der Waals surface area contributed by atoms with Crippen molar-refractivity contribution in [2.75, 3.05) is 17.7 Å². The predicted octanol–water partition coefficient (Wildman–Crippen LogP) is 2.93. The number of nitrogens with two attached hydrogens (primary N) is 1. The Bertz CT molecular complexity index is 670. The molecule has 0 radical (unpaired) electrons. The Morgan fingerprint density at radius 1 is 1.45 bits per heavy atom. The zero-order valence-electron chi connectivity index (χ0n) is 12.6. The number of hydrogen-bond donors (Lipinski definition) is 2. The maximum atomic E-state index is 13.1. The van der Waals surface area contributed by atoms with Gasteiger partial charge in [0.25, 0.3) is 0 Å². The molecule has 0 bridgehead atoms. The van der Waals surface area contributed by atoms with E-state index in [-0.39, 0.29) is 12.3 Å². The lowest BCUT2D eigenvalue weighted by atomic mass is 10.2. The summed E-state index contributed by atoms with van der Waals surface area (Å²) < 4.78 is 19.8. The van der Waals surface area contributed by atoms with Crippen LogP contribution in [0.5, 0.6) is 0 Å². The lowest BCUT2D eigenvalue weighted by Gasteiger charge is -2.08. The summed E-state index contributed by atoms with van der Waals surface area (Å²) >= 11 is 0. The summed E-state index contributed by atoms with van der Waals surface area (Å²) in [4.78, 5) is 12.0. The summed E-state index contributed by atoms with van der Waals surface area (Å²) in [5, 5.41) is 7.28. The van der Waals surface area contributed by atoms with Crippen LogP contribution in [0.2, 0.25) is 0 Å². The summed E-state index contributed by atoms with van der Waals surface area (Å²) in [6.07, 6.45) is 2.51. The fourth-order valence-electron chi connectivity index (χ4n) is 1.99. The van der Waals surface area contributed by atoms with E-state index < -0.39 is 11.8 Å². The monoisotopic (exact) mass is 306 g/mol. The Morgan fingerprint density at radius 2 is 2.23 bits per heavy atom. The summed E-state index contributed by atoms with van der Waals surface area (Å²) in [6.45, 7) is 4.69. The van der Waals surface area contributed by atoms with E-state index in [0.29, 0.717) is 23.6 Å². The number of ether oxygens (including phenoxy) is 1. The number of anilines is 3. The van der Waals surface area contributed by atoms with E-state index in [1.54, 1.807) is 17.8 Å². The van der Waals surface area contributed by atoms with E-state index in [2.05, 4.69) is 10.4 Å². The minimum Gasteiger partial charge on any atom is -0.462 e. The van der Waals surface area contributed by atoms with Gasteiger partial charge in [0.1, 0.15) is 11.4 Å². The number of rotatable bonds is 6. The first-order valence-electron chi connectivity index (χ1n) is 7.11. The van der Waals surface area contributed by atoms with Crippen molar-refractivity contribution in [3.8, 4) is 0 Å². The van der Waals surface area contributed by atoms with Gasteiger partial charge in [-0.25, -0.2) is 9.18 Å². The number of carbonyl (C=O) groups is 1. The highest BCUT2D eigenvalue weighted by molar-refractivity contribution is 5.95. The topological polar surface area (TPSA) is 82.2 Å². The van der Waals surface area contributed by atoms with Crippen LogP contribution in [0.4, 0.5) is 21.6 Å². The van der Waals surface area contributed by atoms with Crippen molar-refractivity contribution in [1.82, 2.24) is 9.78 Å². The molecule has 3 N–H and O–H groups in total. The molecule has 1 aromatic carbocycles. The van der Waals surface area contributed by atoms with E-state index in [9.17, 15) is 9.18 Å². The van der Waals surface area contributed by atoms with Crippen molar-refractivity contribution in [3.63, 3.8) is 0 Å². The van der Waals surface area contributed by atoms with Gasteiger partial charge >= 0.3 is 5.97 Å². The molecule has 0 fully saturated rings. The zero-order chi connectivity index (χ0) is 16.1. The molecule has 0 unspecified atom stereocenters. The van der Waals surface area contributed by atoms with Gasteiger partial charge < -0.3 is 15.8 Å². The quantitative estimate of drug-likeness (QED) is 0.633. The van der Waals surface area contributed by atoms with Crippen LogP contribution in [-0.4, -0.2) is 22.4 Å². The average Bonchev–Trinajstić information content (AvgIpc) is 2.85. The highest BCUT2D eigenvalue weighted by atomic mass is 19.1. The first-order chi connectivity index (χ1) is 10.5. The van der Waals surface area contributed by atoms with Gasteiger partial charge in [-0.1, -0.05) is 6.92 Å². The van der Waals surface area contributed by atoms with Crippen molar-refractivity contribution in [1.29, 1.82) is 0 Å². The number of nitrogens with zero attached hydrogens (tertiary/aromatic N) is 2. The Hall–Kier alpha value is -2.57. The molecule has 0 saturated carbocycles. The Balaban J connectivity index is 2.33. The molecule has 22 heavy (non-hydrogen) atoms. The minimum atomic E-state index is -0.465. The molecule has 7 heteroatoms. The second-order valence-electron chi connectivity index (χ2n) is 4.73. The number of aromatic nitrogens is 2. The van der Waals surface area contributed by atoms with E-state index in [1.165, 1.54) is 18.2 Å². The van der Waals surface area contributed by atoms with Gasteiger partial charge in [-0.15, -0.1) is 0 Å². The van der Waals surface area contributed by atoms with Crippen LogP contribution in [0.15, 0.2) is 24.4 Å². The minimum absolute atomic E-state index is 0.236.